The van der Waals surface area contributed by atoms with Crippen LogP contribution in [0.1, 0.15) is 22.9 Å². The van der Waals surface area contributed by atoms with E-state index in [-0.39, 0.29) is 16.7 Å². The number of aromatic hydroxyl groups is 1. The second-order valence-corrected chi connectivity index (χ2v) is 9.11. The first-order valence-corrected chi connectivity index (χ1v) is 11.5. The third-order valence-electron chi connectivity index (χ3n) is 7.02. The number of anilines is 1. The van der Waals surface area contributed by atoms with Crippen LogP contribution in [0.5, 0.6) is 5.75 Å². The van der Waals surface area contributed by atoms with Gasteiger partial charge in [0.2, 0.25) is 0 Å². The predicted molar refractivity (Wildman–Crippen MR) is 137 cm³/mol. The van der Waals surface area contributed by atoms with Crippen LogP contribution < -0.4 is 16.6 Å². The van der Waals surface area contributed by atoms with Gasteiger partial charge in [0.05, 0.1) is 39.7 Å². The van der Waals surface area contributed by atoms with Gasteiger partial charge in [-0.05, 0) is 54.4 Å². The minimum absolute atomic E-state index is 0.140. The normalized spacial score (nSPS) is 14.4. The number of para-hydroxylation sites is 2. The topological polar surface area (TPSA) is 81.2 Å². The van der Waals surface area contributed by atoms with E-state index in [1.54, 1.807) is 37.4 Å². The second kappa shape index (κ2) is 7.71. The van der Waals surface area contributed by atoms with Crippen molar-refractivity contribution in [2.75, 3.05) is 5.32 Å². The van der Waals surface area contributed by atoms with Crippen molar-refractivity contribution in [2.24, 2.45) is 14.1 Å². The first-order chi connectivity index (χ1) is 17.3. The molecule has 2 N–H and O–H groups in total. The summed E-state index contributed by atoms with van der Waals surface area (Å²) in [5.41, 5.74) is 3.99. The Morgan fingerprint density at radius 3 is 2.42 bits per heavy atom. The van der Waals surface area contributed by atoms with Gasteiger partial charge in [-0.15, -0.1) is 0 Å². The molecule has 0 unspecified atom stereocenters. The van der Waals surface area contributed by atoms with Gasteiger partial charge in [-0.2, -0.15) is 0 Å². The molecule has 7 nitrogen and oxygen atoms in total. The number of hydrogen-bond donors (Lipinski definition) is 2. The Morgan fingerprint density at radius 2 is 1.67 bits per heavy atom. The molecule has 0 saturated carbocycles. The molecule has 1 aliphatic heterocycles. The lowest BCUT2D eigenvalue weighted by molar-refractivity contribution is 0.474. The molecule has 0 amide bonds. The van der Waals surface area contributed by atoms with Crippen LogP contribution in [-0.2, 0) is 14.1 Å². The first kappa shape index (κ1) is 21.9. The van der Waals surface area contributed by atoms with E-state index in [2.05, 4.69) is 5.32 Å². The summed E-state index contributed by atoms with van der Waals surface area (Å²) in [4.78, 5) is 26.7. The monoisotopic (exact) mass is 482 g/mol. The molecule has 3 heterocycles. The Balaban J connectivity index is 1.89. The zero-order valence-corrected chi connectivity index (χ0v) is 19.9. The lowest BCUT2D eigenvalue weighted by Gasteiger charge is -2.32. The van der Waals surface area contributed by atoms with Crippen molar-refractivity contribution in [2.45, 2.75) is 13.0 Å². The van der Waals surface area contributed by atoms with Crippen molar-refractivity contribution >= 4 is 16.6 Å². The zero-order valence-electron chi connectivity index (χ0n) is 19.9. The molecular formula is C28H23FN4O3. The number of phenolic OH excluding ortho intramolecular Hbond substituents is 1. The summed E-state index contributed by atoms with van der Waals surface area (Å²) in [5, 5.41) is 13.9. The largest absolute Gasteiger partial charge is 0.508 e. The first-order valence-electron chi connectivity index (χ1n) is 11.5. The molecule has 0 saturated heterocycles. The molecule has 3 aromatic carbocycles. The lowest BCUT2D eigenvalue weighted by atomic mass is 9.95. The number of phenols is 1. The van der Waals surface area contributed by atoms with E-state index in [0.29, 0.717) is 16.9 Å². The van der Waals surface area contributed by atoms with E-state index >= 15 is 4.39 Å². The van der Waals surface area contributed by atoms with E-state index in [9.17, 15) is 14.7 Å². The number of fused-ring (bicyclic) bond motifs is 5. The molecule has 0 aliphatic carbocycles. The summed E-state index contributed by atoms with van der Waals surface area (Å²) < 4.78 is 19.7. The van der Waals surface area contributed by atoms with E-state index in [1.165, 1.54) is 17.7 Å². The molecule has 8 heteroatoms. The summed E-state index contributed by atoms with van der Waals surface area (Å²) in [6.07, 6.45) is 0. The quantitative estimate of drug-likeness (QED) is 0.392. The number of benzene rings is 3. The predicted octanol–water partition coefficient (Wildman–Crippen LogP) is 4.36. The van der Waals surface area contributed by atoms with Gasteiger partial charge in [0.25, 0.3) is 5.56 Å². The number of nitrogens with zero attached hydrogens (tertiary/aromatic N) is 3. The highest BCUT2D eigenvalue weighted by molar-refractivity contribution is 5.99. The van der Waals surface area contributed by atoms with Crippen LogP contribution in [0.3, 0.4) is 0 Å². The van der Waals surface area contributed by atoms with Gasteiger partial charge in [0.15, 0.2) is 0 Å². The Kier molecular flexibility index (Phi) is 4.69. The van der Waals surface area contributed by atoms with Crippen LogP contribution in [-0.4, -0.2) is 18.8 Å². The summed E-state index contributed by atoms with van der Waals surface area (Å²) in [6, 6.07) is 18.6. The molecule has 36 heavy (non-hydrogen) atoms. The molecule has 2 aromatic heterocycles. The van der Waals surface area contributed by atoms with Crippen LogP contribution in [0.4, 0.5) is 10.1 Å². The number of halogens is 1. The minimum atomic E-state index is -0.494. The maximum atomic E-state index is 15.3. The molecule has 180 valence electrons. The van der Waals surface area contributed by atoms with Crippen molar-refractivity contribution in [3.05, 3.63) is 110 Å². The van der Waals surface area contributed by atoms with Crippen LogP contribution in [0.15, 0.2) is 76.3 Å². The van der Waals surface area contributed by atoms with Gasteiger partial charge in [0.1, 0.15) is 11.6 Å². The van der Waals surface area contributed by atoms with Crippen molar-refractivity contribution < 1.29 is 9.50 Å². The number of rotatable bonds is 2. The van der Waals surface area contributed by atoms with Crippen LogP contribution in [0, 0.1) is 12.7 Å². The molecule has 0 fully saturated rings. The van der Waals surface area contributed by atoms with Gasteiger partial charge < -0.3 is 15.0 Å². The maximum Gasteiger partial charge on any atom is 0.331 e. The van der Waals surface area contributed by atoms with Gasteiger partial charge >= 0.3 is 5.69 Å². The second-order valence-electron chi connectivity index (χ2n) is 9.11. The highest BCUT2D eigenvalue weighted by Gasteiger charge is 2.35. The number of aromatic nitrogens is 3. The standard InChI is InChI=1S/C28H23FN4O3/c1-15-14-16(34)12-13-17(15)23-26-25-22(27(35)32(3)28(36)31(25)2)24(18-8-4-5-9-19(18)29)33(26)21-11-7-6-10-20(21)30-23/h4-14,23,30,34H,1-3H3/t23-/m1/s1. The van der Waals surface area contributed by atoms with E-state index < -0.39 is 23.1 Å². The van der Waals surface area contributed by atoms with Crippen LogP contribution >= 0.6 is 0 Å². The van der Waals surface area contributed by atoms with Gasteiger partial charge in [-0.3, -0.25) is 13.9 Å². The Labute approximate surface area is 205 Å². The fourth-order valence-electron chi connectivity index (χ4n) is 5.34. The third-order valence-corrected chi connectivity index (χ3v) is 7.02. The Bertz CT molecular complexity index is 1830. The molecule has 5 aromatic rings. The fraction of sp³-hybridized carbons (Fsp3) is 0.143. The van der Waals surface area contributed by atoms with Crippen molar-refractivity contribution in [3.8, 4) is 22.7 Å². The zero-order chi connectivity index (χ0) is 25.3. The number of nitrogens with one attached hydrogen (secondary N) is 1. The maximum absolute atomic E-state index is 15.3. The summed E-state index contributed by atoms with van der Waals surface area (Å²) in [5.74, 6) is -0.329. The Morgan fingerprint density at radius 1 is 0.944 bits per heavy atom. The third kappa shape index (κ3) is 2.90. The lowest BCUT2D eigenvalue weighted by Crippen LogP contribution is -2.37. The molecule has 0 radical (unpaired) electrons. The smallest absolute Gasteiger partial charge is 0.331 e. The van der Waals surface area contributed by atoms with E-state index in [1.807, 2.05) is 41.8 Å². The van der Waals surface area contributed by atoms with Crippen molar-refractivity contribution in [1.82, 2.24) is 13.7 Å². The summed E-state index contributed by atoms with van der Waals surface area (Å²) in [6.45, 7) is 1.89. The summed E-state index contributed by atoms with van der Waals surface area (Å²) in [7, 11) is 3.05. The highest BCUT2D eigenvalue weighted by atomic mass is 19.1. The fourth-order valence-corrected chi connectivity index (χ4v) is 5.34. The molecule has 0 spiro atoms. The summed E-state index contributed by atoms with van der Waals surface area (Å²) >= 11 is 0. The van der Waals surface area contributed by atoms with Gasteiger partial charge in [-0.1, -0.05) is 30.3 Å². The van der Waals surface area contributed by atoms with Gasteiger partial charge in [-0.25, -0.2) is 9.18 Å². The van der Waals surface area contributed by atoms with E-state index in [4.69, 9.17) is 0 Å². The van der Waals surface area contributed by atoms with Crippen LogP contribution in [0.25, 0.3) is 27.8 Å². The van der Waals surface area contributed by atoms with Crippen molar-refractivity contribution in [1.29, 1.82) is 0 Å². The van der Waals surface area contributed by atoms with Crippen molar-refractivity contribution in [3.63, 3.8) is 0 Å². The number of aryl methyl sites for hydroxylation is 2. The average molecular weight is 483 g/mol. The molecule has 1 atom stereocenters. The van der Waals surface area contributed by atoms with E-state index in [0.717, 1.165) is 27.1 Å². The highest BCUT2D eigenvalue weighted by Crippen LogP contribution is 2.46. The minimum Gasteiger partial charge on any atom is -0.508 e. The van der Waals surface area contributed by atoms with Crippen LogP contribution in [0.2, 0.25) is 0 Å². The molecule has 1 aliphatic rings. The molecule has 6 rings (SSSR count). The molecule has 0 bridgehead atoms. The Hall–Kier alpha value is -4.59. The number of hydrogen-bond acceptors (Lipinski definition) is 4. The van der Waals surface area contributed by atoms with Gasteiger partial charge in [0, 0.05) is 19.7 Å². The molecular weight excluding hydrogens is 459 g/mol. The average Bonchev–Trinajstić information content (AvgIpc) is 3.23. The SMILES string of the molecule is Cc1cc(O)ccc1[C@H]1Nc2ccccc2-n2c(-c3ccccc3F)c3c(=O)n(C)c(=O)n(C)c3c21.